The summed E-state index contributed by atoms with van der Waals surface area (Å²) < 4.78 is 12.3. The monoisotopic (exact) mass is 453 g/mol. The molecule has 0 spiro atoms. The highest BCUT2D eigenvalue weighted by atomic mass is 16.5. The Morgan fingerprint density at radius 1 is 0.970 bits per heavy atom. The van der Waals surface area contributed by atoms with E-state index in [9.17, 15) is 9.90 Å². The van der Waals surface area contributed by atoms with Gasteiger partial charge in [0.1, 0.15) is 5.75 Å². The Balaban J connectivity index is 1.28. The fourth-order valence-electron chi connectivity index (χ4n) is 5.02. The minimum Gasteiger partial charge on any atom is -0.490 e. The van der Waals surface area contributed by atoms with Gasteiger partial charge < -0.3 is 14.6 Å². The first-order chi connectivity index (χ1) is 15.7. The second-order valence-electron chi connectivity index (χ2n) is 10.9. The summed E-state index contributed by atoms with van der Waals surface area (Å²) in [6.07, 6.45) is 6.30. The molecule has 1 aliphatic carbocycles. The molecule has 5 nitrogen and oxygen atoms in total. The lowest BCUT2D eigenvalue weighted by Crippen LogP contribution is -2.35. The van der Waals surface area contributed by atoms with E-state index < -0.39 is 5.97 Å². The van der Waals surface area contributed by atoms with E-state index in [4.69, 9.17) is 9.47 Å². The second kappa shape index (κ2) is 10.4. The van der Waals surface area contributed by atoms with Crippen molar-refractivity contribution in [2.75, 3.05) is 19.7 Å². The van der Waals surface area contributed by atoms with Crippen molar-refractivity contribution in [3.63, 3.8) is 0 Å². The minimum atomic E-state index is -0.652. The number of ether oxygens (including phenoxy) is 2. The molecule has 0 atom stereocenters. The molecular weight excluding hydrogens is 414 g/mol. The van der Waals surface area contributed by atoms with E-state index in [1.807, 2.05) is 0 Å². The average Bonchev–Trinajstić information content (AvgIpc) is 2.78. The van der Waals surface area contributed by atoms with Crippen molar-refractivity contribution in [3.8, 4) is 5.75 Å². The molecule has 0 radical (unpaired) electrons. The van der Waals surface area contributed by atoms with Gasteiger partial charge in [-0.1, -0.05) is 18.2 Å². The van der Waals surface area contributed by atoms with Gasteiger partial charge in [0.25, 0.3) is 0 Å². The molecule has 0 amide bonds. The maximum Gasteiger partial charge on any atom is 0.306 e. The van der Waals surface area contributed by atoms with E-state index in [0.717, 1.165) is 57.7 Å². The maximum absolute atomic E-state index is 11.2. The van der Waals surface area contributed by atoms with Crippen molar-refractivity contribution >= 4 is 16.7 Å². The second-order valence-corrected chi connectivity index (χ2v) is 10.9. The Morgan fingerprint density at radius 2 is 1.64 bits per heavy atom. The summed E-state index contributed by atoms with van der Waals surface area (Å²) in [7, 11) is 0. The summed E-state index contributed by atoms with van der Waals surface area (Å²) in [6, 6.07) is 13.0. The van der Waals surface area contributed by atoms with Crippen LogP contribution in [0.25, 0.3) is 10.8 Å². The van der Waals surface area contributed by atoms with Crippen molar-refractivity contribution in [1.29, 1.82) is 0 Å². The summed E-state index contributed by atoms with van der Waals surface area (Å²) in [5.41, 5.74) is 1.22. The predicted octanol–water partition coefficient (Wildman–Crippen LogP) is 5.89. The Kier molecular flexibility index (Phi) is 7.60. The van der Waals surface area contributed by atoms with Gasteiger partial charge in [-0.15, -0.1) is 0 Å². The molecular formula is C28H39NO4. The standard InChI is InChI=1S/C28H39NO4/c1-28(2,3)32-19-20-5-9-25(10-6-20)33-26-11-8-23-16-21(4-7-24(23)17-26)18-29-14-12-22(13-15-29)27(30)31/h4,7-8,11,16-17,20,22,25H,5-6,9-10,12-15,18-19H2,1-3H3,(H,30,31)/t20-,25-. The van der Waals surface area contributed by atoms with Gasteiger partial charge in [0.05, 0.1) is 24.2 Å². The number of rotatable bonds is 7. The number of fused-ring (bicyclic) bond motifs is 1. The number of piperidine rings is 1. The lowest BCUT2D eigenvalue weighted by molar-refractivity contribution is -0.143. The number of hydrogen-bond donors (Lipinski definition) is 1. The Bertz CT molecular complexity index is 935. The largest absolute Gasteiger partial charge is 0.490 e. The summed E-state index contributed by atoms with van der Waals surface area (Å²) >= 11 is 0. The zero-order valence-electron chi connectivity index (χ0n) is 20.4. The molecule has 2 aromatic carbocycles. The van der Waals surface area contributed by atoms with Crippen LogP contribution in [0.5, 0.6) is 5.75 Å². The molecule has 4 rings (SSSR count). The lowest BCUT2D eigenvalue weighted by atomic mass is 9.88. The molecule has 33 heavy (non-hydrogen) atoms. The minimum absolute atomic E-state index is 0.0600. The molecule has 2 aliphatic rings. The molecule has 1 saturated carbocycles. The fraction of sp³-hybridized carbons (Fsp3) is 0.607. The normalized spacial score (nSPS) is 23.0. The number of benzene rings is 2. The van der Waals surface area contributed by atoms with E-state index in [0.29, 0.717) is 12.0 Å². The van der Waals surface area contributed by atoms with Crippen LogP contribution in [0.3, 0.4) is 0 Å². The SMILES string of the molecule is CC(C)(C)OC[C@H]1CC[C@H](Oc2ccc3cc(CN4CCC(C(=O)O)CC4)ccc3c2)CC1. The fourth-order valence-corrected chi connectivity index (χ4v) is 5.02. The molecule has 0 aromatic heterocycles. The van der Waals surface area contributed by atoms with Crippen LogP contribution in [0.15, 0.2) is 36.4 Å². The van der Waals surface area contributed by atoms with Gasteiger partial charge >= 0.3 is 5.97 Å². The van der Waals surface area contributed by atoms with E-state index in [2.05, 4.69) is 62.1 Å². The third-order valence-electron chi connectivity index (χ3n) is 7.07. The molecule has 0 bridgehead atoms. The van der Waals surface area contributed by atoms with Crippen LogP contribution in [-0.4, -0.2) is 47.4 Å². The van der Waals surface area contributed by atoms with Gasteiger partial charge in [0.2, 0.25) is 0 Å². The molecule has 2 fully saturated rings. The van der Waals surface area contributed by atoms with Crippen LogP contribution in [0, 0.1) is 11.8 Å². The topological polar surface area (TPSA) is 59.0 Å². The number of carboxylic acids is 1. The highest BCUT2D eigenvalue weighted by Gasteiger charge is 2.25. The van der Waals surface area contributed by atoms with Crippen molar-refractivity contribution in [2.45, 2.75) is 77.5 Å². The predicted molar refractivity (Wildman–Crippen MR) is 132 cm³/mol. The van der Waals surface area contributed by atoms with Gasteiger partial charge in [-0.2, -0.15) is 0 Å². The number of carbonyl (C=O) groups is 1. The first-order valence-corrected chi connectivity index (χ1v) is 12.5. The van der Waals surface area contributed by atoms with Gasteiger partial charge in [0.15, 0.2) is 0 Å². The zero-order chi connectivity index (χ0) is 23.4. The zero-order valence-corrected chi connectivity index (χ0v) is 20.4. The molecule has 5 heteroatoms. The Morgan fingerprint density at radius 3 is 2.30 bits per heavy atom. The summed E-state index contributed by atoms with van der Waals surface area (Å²) in [6.45, 7) is 9.80. The summed E-state index contributed by atoms with van der Waals surface area (Å²) in [4.78, 5) is 13.5. The number of aliphatic carboxylic acids is 1. The van der Waals surface area contributed by atoms with Crippen LogP contribution in [0.4, 0.5) is 0 Å². The molecule has 180 valence electrons. The molecule has 1 aliphatic heterocycles. The number of carboxylic acid groups (broad SMARTS) is 1. The van der Waals surface area contributed by atoms with Crippen molar-refractivity contribution in [3.05, 3.63) is 42.0 Å². The van der Waals surface area contributed by atoms with E-state index in [1.165, 1.54) is 29.2 Å². The van der Waals surface area contributed by atoms with Crippen LogP contribution in [-0.2, 0) is 16.1 Å². The maximum atomic E-state index is 11.2. The van der Waals surface area contributed by atoms with Crippen molar-refractivity contribution < 1.29 is 19.4 Å². The third-order valence-corrected chi connectivity index (χ3v) is 7.07. The number of likely N-dealkylation sites (tertiary alicyclic amines) is 1. The van der Waals surface area contributed by atoms with Crippen molar-refractivity contribution in [1.82, 2.24) is 4.90 Å². The van der Waals surface area contributed by atoms with Crippen molar-refractivity contribution in [2.24, 2.45) is 11.8 Å². The smallest absolute Gasteiger partial charge is 0.306 e. The van der Waals surface area contributed by atoms with Gasteiger partial charge in [0, 0.05) is 6.54 Å². The molecule has 1 saturated heterocycles. The van der Waals surface area contributed by atoms with Crippen LogP contribution in [0.1, 0.15) is 64.9 Å². The van der Waals surface area contributed by atoms with E-state index in [-0.39, 0.29) is 11.5 Å². The molecule has 2 aromatic rings. The van der Waals surface area contributed by atoms with Crippen LogP contribution < -0.4 is 4.74 Å². The Hall–Kier alpha value is -2.11. The van der Waals surface area contributed by atoms with Crippen LogP contribution >= 0.6 is 0 Å². The molecule has 1 heterocycles. The highest BCUT2D eigenvalue weighted by molar-refractivity contribution is 5.84. The van der Waals surface area contributed by atoms with Gasteiger partial charge in [-0.25, -0.2) is 0 Å². The third kappa shape index (κ3) is 6.94. The first-order valence-electron chi connectivity index (χ1n) is 12.5. The number of nitrogens with zero attached hydrogens (tertiary/aromatic N) is 1. The molecule has 0 unspecified atom stereocenters. The quantitative estimate of drug-likeness (QED) is 0.566. The van der Waals surface area contributed by atoms with Crippen LogP contribution in [0.2, 0.25) is 0 Å². The average molecular weight is 454 g/mol. The van der Waals surface area contributed by atoms with Gasteiger partial charge in [-0.05, 0) is 113 Å². The Labute approximate surface area is 198 Å². The highest BCUT2D eigenvalue weighted by Crippen LogP contribution is 2.30. The van der Waals surface area contributed by atoms with E-state index in [1.54, 1.807) is 0 Å². The number of hydrogen-bond acceptors (Lipinski definition) is 4. The van der Waals surface area contributed by atoms with E-state index >= 15 is 0 Å². The first kappa shape index (κ1) is 24.0. The van der Waals surface area contributed by atoms with Gasteiger partial charge in [-0.3, -0.25) is 9.69 Å². The molecule has 1 N–H and O–H groups in total. The lowest BCUT2D eigenvalue weighted by Gasteiger charge is -2.31. The summed E-state index contributed by atoms with van der Waals surface area (Å²) in [5.74, 6) is 0.776. The summed E-state index contributed by atoms with van der Waals surface area (Å²) in [5, 5.41) is 11.6.